The first-order valence-corrected chi connectivity index (χ1v) is 12.8. The van der Waals surface area contributed by atoms with Crippen LogP contribution in [0.3, 0.4) is 0 Å². The minimum Gasteiger partial charge on any atom is -0.494 e. The summed E-state index contributed by atoms with van der Waals surface area (Å²) in [6.45, 7) is 3.06. The number of nitrogens with one attached hydrogen (secondary N) is 2. The number of aromatic nitrogens is 1. The summed E-state index contributed by atoms with van der Waals surface area (Å²) >= 11 is 0. The maximum Gasteiger partial charge on any atom is 0.253 e. The molecular formula is C30H30FN5O3. The van der Waals surface area contributed by atoms with Crippen molar-refractivity contribution in [1.82, 2.24) is 20.1 Å². The number of carbonyl (C=O) groups excluding carboxylic acids is 2. The molecule has 0 bridgehead atoms. The summed E-state index contributed by atoms with van der Waals surface area (Å²) in [6.07, 6.45) is 0.186. The van der Waals surface area contributed by atoms with Gasteiger partial charge in [0, 0.05) is 49.7 Å². The fourth-order valence-corrected chi connectivity index (χ4v) is 4.76. The van der Waals surface area contributed by atoms with Gasteiger partial charge >= 0.3 is 0 Å². The van der Waals surface area contributed by atoms with Crippen LogP contribution in [0.4, 0.5) is 10.1 Å². The Hall–Kier alpha value is -4.50. The van der Waals surface area contributed by atoms with Crippen LogP contribution in [0.1, 0.15) is 27.0 Å². The summed E-state index contributed by atoms with van der Waals surface area (Å²) < 4.78 is 13.9. The van der Waals surface area contributed by atoms with E-state index in [9.17, 15) is 19.1 Å². The van der Waals surface area contributed by atoms with E-state index in [2.05, 4.69) is 15.2 Å². The Bertz CT molecular complexity index is 1550. The highest BCUT2D eigenvalue weighted by molar-refractivity contribution is 6.22. The van der Waals surface area contributed by atoms with Gasteiger partial charge in [0.05, 0.1) is 28.9 Å². The van der Waals surface area contributed by atoms with E-state index >= 15 is 0 Å². The number of nitrogens with zero attached hydrogens (tertiary/aromatic N) is 3. The Labute approximate surface area is 225 Å². The number of piperazine rings is 1. The number of hydrogen-bond acceptors (Lipinski definition) is 5. The van der Waals surface area contributed by atoms with E-state index in [0.717, 1.165) is 18.7 Å². The molecule has 3 aromatic carbocycles. The lowest BCUT2D eigenvalue weighted by atomic mass is 9.98. The number of rotatable bonds is 6. The molecule has 2 heterocycles. The molecule has 5 rings (SSSR count). The molecule has 0 saturated carbocycles. The normalized spacial score (nSPS) is 14.5. The van der Waals surface area contributed by atoms with E-state index in [1.807, 2.05) is 36.2 Å². The van der Waals surface area contributed by atoms with Crippen LogP contribution in [0.2, 0.25) is 0 Å². The summed E-state index contributed by atoms with van der Waals surface area (Å²) in [6, 6.07) is 18.7. The molecule has 39 heavy (non-hydrogen) atoms. The first kappa shape index (κ1) is 26.1. The zero-order valence-electron chi connectivity index (χ0n) is 21.9. The summed E-state index contributed by atoms with van der Waals surface area (Å²) in [5.41, 5.74) is 3.91. The molecule has 4 aromatic rings. The molecule has 1 saturated heterocycles. The molecule has 0 radical (unpaired) electrons. The first-order valence-electron chi connectivity index (χ1n) is 12.8. The number of H-pyrrole nitrogens is 1. The molecule has 0 spiro atoms. The van der Waals surface area contributed by atoms with Crippen LogP contribution in [0.15, 0.2) is 71.7 Å². The minimum absolute atomic E-state index is 0.0166. The van der Waals surface area contributed by atoms with Crippen LogP contribution in [-0.2, 0) is 11.2 Å². The second-order valence-corrected chi connectivity index (χ2v) is 9.69. The number of carbonyl (C=O) groups is 2. The number of halogens is 1. The Morgan fingerprint density at radius 3 is 2.46 bits per heavy atom. The molecule has 3 N–H and O–H groups in total. The predicted molar refractivity (Wildman–Crippen MR) is 149 cm³/mol. The lowest BCUT2D eigenvalue weighted by molar-refractivity contribution is -0.119. The number of benzene rings is 3. The van der Waals surface area contributed by atoms with Crippen LogP contribution < -0.4 is 5.32 Å². The number of likely N-dealkylation sites (N-methyl/N-ethyl adjacent to an activating group) is 2. The predicted octanol–water partition coefficient (Wildman–Crippen LogP) is 3.86. The number of aliphatic imine (C=N–C) groups is 1. The average molecular weight is 528 g/mol. The Morgan fingerprint density at radius 1 is 1.00 bits per heavy atom. The van der Waals surface area contributed by atoms with Crippen LogP contribution in [0.5, 0.6) is 5.88 Å². The van der Waals surface area contributed by atoms with Crippen molar-refractivity contribution in [3.8, 4) is 5.88 Å². The van der Waals surface area contributed by atoms with Crippen LogP contribution in [-0.4, -0.2) is 77.7 Å². The average Bonchev–Trinajstić information content (AvgIpc) is 3.26. The summed E-state index contributed by atoms with van der Waals surface area (Å²) in [7, 11) is 3.63. The Morgan fingerprint density at radius 2 is 1.74 bits per heavy atom. The maximum atomic E-state index is 13.9. The van der Waals surface area contributed by atoms with Crippen molar-refractivity contribution in [3.63, 3.8) is 0 Å². The third-order valence-electron chi connectivity index (χ3n) is 6.97. The third kappa shape index (κ3) is 5.68. The summed E-state index contributed by atoms with van der Waals surface area (Å²) in [4.78, 5) is 36.8. The highest BCUT2D eigenvalue weighted by Gasteiger charge is 2.22. The molecule has 9 heteroatoms. The van der Waals surface area contributed by atoms with Gasteiger partial charge in [0.1, 0.15) is 5.82 Å². The summed E-state index contributed by atoms with van der Waals surface area (Å²) in [5, 5.41) is 14.1. The number of aromatic hydroxyl groups is 1. The number of amides is 2. The van der Waals surface area contributed by atoms with E-state index < -0.39 is 5.82 Å². The van der Waals surface area contributed by atoms with Gasteiger partial charge in [-0.15, -0.1) is 0 Å². The summed E-state index contributed by atoms with van der Waals surface area (Å²) in [5.74, 6) is -0.719. The van der Waals surface area contributed by atoms with Gasteiger partial charge < -0.3 is 25.2 Å². The topological polar surface area (TPSA) is 101 Å². The molecule has 1 aliphatic rings. The first-order chi connectivity index (χ1) is 18.8. The van der Waals surface area contributed by atoms with Gasteiger partial charge in [-0.05, 0) is 61.1 Å². The van der Waals surface area contributed by atoms with Crippen molar-refractivity contribution in [3.05, 3.63) is 94.8 Å². The SMILES string of the molecule is CNC(=O)Cc1cccc(C(=Nc2ccc(C(=O)N3CCN(C)CC3)cc2)c2c(O)[nH]c3cc(F)ccc23)c1. The molecule has 1 aliphatic heterocycles. The monoisotopic (exact) mass is 527 g/mol. The fourth-order valence-electron chi connectivity index (χ4n) is 4.76. The minimum atomic E-state index is -0.429. The number of aromatic amines is 1. The van der Waals surface area contributed by atoms with Gasteiger partial charge in [0.2, 0.25) is 5.91 Å². The molecule has 8 nitrogen and oxygen atoms in total. The van der Waals surface area contributed by atoms with Crippen LogP contribution >= 0.6 is 0 Å². The van der Waals surface area contributed by atoms with Crippen molar-refractivity contribution in [2.45, 2.75) is 6.42 Å². The standard InChI is InChI=1S/C30H30FN5O3/c1-32-26(37)17-19-4-3-5-21(16-19)28(27-24-11-8-22(31)18-25(24)34-29(27)38)33-23-9-6-20(7-10-23)30(39)36-14-12-35(2)13-15-36/h3-11,16,18,34,38H,12-15,17H2,1-2H3,(H,32,37). The van der Waals surface area contributed by atoms with Gasteiger partial charge in [-0.2, -0.15) is 0 Å². The maximum absolute atomic E-state index is 13.9. The largest absolute Gasteiger partial charge is 0.494 e. The molecule has 1 fully saturated rings. The number of fused-ring (bicyclic) bond motifs is 1. The van der Waals surface area contributed by atoms with Crippen LogP contribution in [0, 0.1) is 5.82 Å². The molecular weight excluding hydrogens is 497 g/mol. The van der Waals surface area contributed by atoms with E-state index in [-0.39, 0.29) is 24.1 Å². The van der Waals surface area contributed by atoms with E-state index in [1.54, 1.807) is 37.4 Å². The third-order valence-corrected chi connectivity index (χ3v) is 6.97. The van der Waals surface area contributed by atoms with Crippen molar-refractivity contribution >= 4 is 34.1 Å². The zero-order chi connectivity index (χ0) is 27.5. The number of hydrogen-bond donors (Lipinski definition) is 3. The molecule has 0 unspecified atom stereocenters. The van der Waals surface area contributed by atoms with Crippen molar-refractivity contribution in [2.75, 3.05) is 40.3 Å². The van der Waals surface area contributed by atoms with Crippen LogP contribution in [0.25, 0.3) is 10.9 Å². The van der Waals surface area contributed by atoms with Gasteiger partial charge in [-0.3, -0.25) is 9.59 Å². The van der Waals surface area contributed by atoms with Gasteiger partial charge in [0.25, 0.3) is 5.91 Å². The molecule has 0 aliphatic carbocycles. The van der Waals surface area contributed by atoms with Gasteiger partial charge in [-0.1, -0.05) is 18.2 Å². The molecule has 0 atom stereocenters. The molecule has 2 amide bonds. The van der Waals surface area contributed by atoms with Gasteiger partial charge in [-0.25, -0.2) is 9.38 Å². The molecule has 1 aromatic heterocycles. The smallest absolute Gasteiger partial charge is 0.253 e. The van der Waals surface area contributed by atoms with Crippen molar-refractivity contribution in [2.24, 2.45) is 4.99 Å². The van der Waals surface area contributed by atoms with E-state index in [4.69, 9.17) is 4.99 Å². The van der Waals surface area contributed by atoms with Crippen molar-refractivity contribution < 1.29 is 19.1 Å². The second kappa shape index (κ2) is 11.1. The Balaban J connectivity index is 1.55. The lowest BCUT2D eigenvalue weighted by Gasteiger charge is -2.32. The van der Waals surface area contributed by atoms with Gasteiger partial charge in [0.15, 0.2) is 5.88 Å². The fraction of sp³-hybridized carbons (Fsp3) is 0.233. The van der Waals surface area contributed by atoms with E-state index in [1.165, 1.54) is 12.1 Å². The highest BCUT2D eigenvalue weighted by Crippen LogP contribution is 2.32. The molecule has 200 valence electrons. The Kier molecular flexibility index (Phi) is 7.42. The quantitative estimate of drug-likeness (QED) is 0.332. The highest BCUT2D eigenvalue weighted by atomic mass is 19.1. The second-order valence-electron chi connectivity index (χ2n) is 9.69. The van der Waals surface area contributed by atoms with E-state index in [0.29, 0.717) is 52.1 Å². The zero-order valence-corrected chi connectivity index (χ0v) is 21.9. The lowest BCUT2D eigenvalue weighted by Crippen LogP contribution is -2.47. The van der Waals surface area contributed by atoms with Crippen molar-refractivity contribution in [1.29, 1.82) is 0 Å².